The van der Waals surface area contributed by atoms with Gasteiger partial charge in [0.05, 0.1) is 6.61 Å². The SMILES string of the molecule is CCCCS[C@@H]1OC[C@@H](O)[C@H](O)[C@H]1O. The number of rotatable bonds is 4. The Morgan fingerprint density at radius 1 is 1.29 bits per heavy atom. The van der Waals surface area contributed by atoms with Crippen LogP contribution in [0.15, 0.2) is 0 Å². The fourth-order valence-electron chi connectivity index (χ4n) is 1.27. The minimum Gasteiger partial charge on any atom is -0.388 e. The van der Waals surface area contributed by atoms with Crippen molar-refractivity contribution in [1.29, 1.82) is 0 Å². The molecule has 0 aromatic carbocycles. The van der Waals surface area contributed by atoms with Gasteiger partial charge in [-0.1, -0.05) is 13.3 Å². The van der Waals surface area contributed by atoms with Crippen molar-refractivity contribution in [3.05, 3.63) is 0 Å². The lowest BCUT2D eigenvalue weighted by Crippen LogP contribution is -2.51. The van der Waals surface area contributed by atoms with Crippen LogP contribution in [-0.4, -0.2) is 51.4 Å². The molecule has 0 saturated carbocycles. The average Bonchev–Trinajstić information content (AvgIpc) is 2.18. The molecule has 0 unspecified atom stereocenters. The predicted molar refractivity (Wildman–Crippen MR) is 55.1 cm³/mol. The number of thioether (sulfide) groups is 1. The van der Waals surface area contributed by atoms with Crippen molar-refractivity contribution < 1.29 is 20.1 Å². The number of aliphatic hydroxyl groups excluding tert-OH is 3. The van der Waals surface area contributed by atoms with Crippen molar-refractivity contribution in [3.63, 3.8) is 0 Å². The maximum atomic E-state index is 9.55. The third-order valence-electron chi connectivity index (χ3n) is 2.23. The molecule has 1 aliphatic rings. The summed E-state index contributed by atoms with van der Waals surface area (Å²) in [5.41, 5.74) is -0.403. The quantitative estimate of drug-likeness (QED) is 0.582. The van der Waals surface area contributed by atoms with Crippen LogP contribution in [0.3, 0.4) is 0 Å². The van der Waals surface area contributed by atoms with Crippen molar-refractivity contribution in [3.8, 4) is 0 Å². The summed E-state index contributed by atoms with van der Waals surface area (Å²) in [6.07, 6.45) is -0.867. The summed E-state index contributed by atoms with van der Waals surface area (Å²) < 4.78 is 5.22. The molecule has 5 heteroatoms. The van der Waals surface area contributed by atoms with E-state index >= 15 is 0 Å². The summed E-state index contributed by atoms with van der Waals surface area (Å²) in [5.74, 6) is 0.904. The van der Waals surface area contributed by atoms with Crippen LogP contribution in [0.25, 0.3) is 0 Å². The molecule has 0 bridgehead atoms. The van der Waals surface area contributed by atoms with E-state index in [2.05, 4.69) is 6.92 Å². The van der Waals surface area contributed by atoms with Gasteiger partial charge in [-0.3, -0.25) is 0 Å². The molecular formula is C9H18O4S. The Morgan fingerprint density at radius 2 is 2.00 bits per heavy atom. The van der Waals surface area contributed by atoms with Gasteiger partial charge < -0.3 is 20.1 Å². The highest BCUT2D eigenvalue weighted by Gasteiger charge is 2.37. The molecule has 1 saturated heterocycles. The van der Waals surface area contributed by atoms with Gasteiger partial charge in [0.1, 0.15) is 23.7 Å². The molecule has 1 aliphatic heterocycles. The molecule has 1 rings (SSSR count). The van der Waals surface area contributed by atoms with E-state index in [9.17, 15) is 15.3 Å². The molecule has 0 aliphatic carbocycles. The first-order chi connectivity index (χ1) is 6.66. The first kappa shape index (κ1) is 12.3. The maximum Gasteiger partial charge on any atom is 0.131 e. The summed E-state index contributed by atoms with van der Waals surface area (Å²) in [4.78, 5) is 0. The Kier molecular flexibility index (Phi) is 5.19. The third-order valence-corrected chi connectivity index (χ3v) is 3.50. The molecule has 14 heavy (non-hydrogen) atoms. The Balaban J connectivity index is 2.31. The van der Waals surface area contributed by atoms with E-state index in [1.54, 1.807) is 0 Å². The van der Waals surface area contributed by atoms with Crippen molar-refractivity contribution in [2.75, 3.05) is 12.4 Å². The first-order valence-corrected chi connectivity index (χ1v) is 5.99. The number of hydrogen-bond donors (Lipinski definition) is 3. The van der Waals surface area contributed by atoms with E-state index in [-0.39, 0.29) is 6.61 Å². The molecule has 4 nitrogen and oxygen atoms in total. The number of unbranched alkanes of at least 4 members (excludes halogenated alkanes) is 1. The minimum absolute atomic E-state index is 0.0992. The summed E-state index contributed by atoms with van der Waals surface area (Å²) in [6.45, 7) is 2.19. The number of aliphatic hydroxyl groups is 3. The summed E-state index contributed by atoms with van der Waals surface area (Å²) in [7, 11) is 0. The number of hydrogen-bond acceptors (Lipinski definition) is 5. The second-order valence-electron chi connectivity index (χ2n) is 3.47. The molecule has 3 N–H and O–H groups in total. The molecule has 0 amide bonds. The minimum atomic E-state index is -1.08. The summed E-state index contributed by atoms with van der Waals surface area (Å²) in [6, 6.07) is 0. The van der Waals surface area contributed by atoms with Gasteiger partial charge in [0.25, 0.3) is 0 Å². The highest BCUT2D eigenvalue weighted by molar-refractivity contribution is 7.99. The van der Waals surface area contributed by atoms with Crippen LogP contribution in [0.2, 0.25) is 0 Å². The lowest BCUT2D eigenvalue weighted by atomic mass is 10.1. The molecule has 1 heterocycles. The number of ether oxygens (including phenoxy) is 1. The van der Waals surface area contributed by atoms with Gasteiger partial charge in [0.2, 0.25) is 0 Å². The summed E-state index contributed by atoms with van der Waals surface area (Å²) >= 11 is 1.49. The molecule has 0 aromatic rings. The van der Waals surface area contributed by atoms with Crippen LogP contribution in [0, 0.1) is 0 Å². The molecule has 4 atom stereocenters. The lowest BCUT2D eigenvalue weighted by Gasteiger charge is -2.34. The van der Waals surface area contributed by atoms with Gasteiger partial charge >= 0.3 is 0 Å². The van der Waals surface area contributed by atoms with Crippen LogP contribution in [0.1, 0.15) is 19.8 Å². The largest absolute Gasteiger partial charge is 0.388 e. The normalized spacial score (nSPS) is 38.6. The monoisotopic (exact) mass is 222 g/mol. The molecule has 0 spiro atoms. The van der Waals surface area contributed by atoms with Crippen LogP contribution >= 0.6 is 11.8 Å². The molecule has 1 fully saturated rings. The zero-order chi connectivity index (χ0) is 10.6. The Labute approximate surface area is 88.3 Å². The van der Waals surface area contributed by atoms with Gasteiger partial charge in [-0.25, -0.2) is 0 Å². The fourth-order valence-corrected chi connectivity index (χ4v) is 2.49. The third kappa shape index (κ3) is 3.10. The smallest absolute Gasteiger partial charge is 0.131 e. The Hall–Kier alpha value is 0.190. The van der Waals surface area contributed by atoms with E-state index in [1.807, 2.05) is 0 Å². The van der Waals surface area contributed by atoms with Crippen molar-refractivity contribution in [2.45, 2.75) is 43.5 Å². The van der Waals surface area contributed by atoms with Gasteiger partial charge in [-0.15, -0.1) is 11.8 Å². The highest BCUT2D eigenvalue weighted by Crippen LogP contribution is 2.25. The van der Waals surface area contributed by atoms with E-state index in [0.717, 1.165) is 18.6 Å². The van der Waals surface area contributed by atoms with E-state index in [4.69, 9.17) is 4.74 Å². The van der Waals surface area contributed by atoms with Crippen LogP contribution in [0.5, 0.6) is 0 Å². The van der Waals surface area contributed by atoms with Crippen LogP contribution in [-0.2, 0) is 4.74 Å². The maximum absolute atomic E-state index is 9.55. The predicted octanol–water partition coefficient (Wildman–Crippen LogP) is -0.0413. The average molecular weight is 222 g/mol. The Bertz CT molecular complexity index is 167. The molecular weight excluding hydrogens is 204 g/mol. The second-order valence-corrected chi connectivity index (χ2v) is 4.68. The van der Waals surface area contributed by atoms with Crippen LogP contribution < -0.4 is 0 Å². The van der Waals surface area contributed by atoms with Gasteiger partial charge in [-0.05, 0) is 12.2 Å². The molecule has 0 radical (unpaired) electrons. The standard InChI is InChI=1S/C9H18O4S/c1-2-3-4-14-9-8(12)7(11)6(10)5-13-9/h6-12H,2-5H2,1H3/t6-,7+,8-,9+/m1/s1. The molecule has 0 aromatic heterocycles. The van der Waals surface area contributed by atoms with Crippen molar-refractivity contribution >= 4 is 11.8 Å². The second kappa shape index (κ2) is 5.92. The van der Waals surface area contributed by atoms with Crippen molar-refractivity contribution in [1.82, 2.24) is 0 Å². The highest BCUT2D eigenvalue weighted by atomic mass is 32.2. The molecule has 84 valence electrons. The lowest BCUT2D eigenvalue weighted by molar-refractivity contribution is -0.161. The zero-order valence-corrected chi connectivity index (χ0v) is 9.11. The fraction of sp³-hybridized carbons (Fsp3) is 1.00. The van der Waals surface area contributed by atoms with Crippen molar-refractivity contribution in [2.24, 2.45) is 0 Å². The zero-order valence-electron chi connectivity index (χ0n) is 8.30. The van der Waals surface area contributed by atoms with E-state index < -0.39 is 23.7 Å². The van der Waals surface area contributed by atoms with Gasteiger partial charge in [0, 0.05) is 0 Å². The summed E-state index contributed by atoms with van der Waals surface area (Å²) in [5, 5.41) is 28.1. The first-order valence-electron chi connectivity index (χ1n) is 4.94. The van der Waals surface area contributed by atoms with Crippen LogP contribution in [0.4, 0.5) is 0 Å². The topological polar surface area (TPSA) is 69.9 Å². The van der Waals surface area contributed by atoms with E-state index in [1.165, 1.54) is 11.8 Å². The van der Waals surface area contributed by atoms with Gasteiger partial charge in [0.15, 0.2) is 0 Å². The van der Waals surface area contributed by atoms with Gasteiger partial charge in [-0.2, -0.15) is 0 Å². The Morgan fingerprint density at radius 3 is 2.64 bits per heavy atom. The van der Waals surface area contributed by atoms with E-state index in [0.29, 0.717) is 0 Å².